The van der Waals surface area contributed by atoms with E-state index in [0.717, 1.165) is 31.5 Å². The molecule has 16 heavy (non-hydrogen) atoms. The monoisotopic (exact) mass is 223 g/mol. The van der Waals surface area contributed by atoms with Crippen molar-refractivity contribution in [3.05, 3.63) is 11.1 Å². The van der Waals surface area contributed by atoms with E-state index in [-0.39, 0.29) is 5.78 Å². The lowest BCUT2D eigenvalue weighted by molar-refractivity contribution is -0.138. The third-order valence-electron chi connectivity index (χ3n) is 3.50. The fraction of sp³-hybridized carbons (Fsp3) is 0.667. The Labute approximate surface area is 95.2 Å². The zero-order valence-corrected chi connectivity index (χ0v) is 9.78. The Kier molecular flexibility index (Phi) is 3.10. The predicted octanol–water partition coefficient (Wildman–Crippen LogP) is 0.771. The van der Waals surface area contributed by atoms with E-state index in [2.05, 4.69) is 11.9 Å². The quantitative estimate of drug-likeness (QED) is 0.486. The summed E-state index contributed by atoms with van der Waals surface area (Å²) in [5.74, 6) is -0.123. The summed E-state index contributed by atoms with van der Waals surface area (Å²) in [4.78, 5) is 25.6. The van der Waals surface area contributed by atoms with E-state index in [1.165, 1.54) is 7.11 Å². The van der Waals surface area contributed by atoms with Crippen LogP contribution >= 0.6 is 0 Å². The van der Waals surface area contributed by atoms with Crippen molar-refractivity contribution < 1.29 is 14.3 Å². The first-order valence-electron chi connectivity index (χ1n) is 5.66. The van der Waals surface area contributed by atoms with Gasteiger partial charge in [-0.05, 0) is 31.4 Å². The topological polar surface area (TPSA) is 46.6 Å². The second-order valence-corrected chi connectivity index (χ2v) is 4.56. The van der Waals surface area contributed by atoms with Crippen molar-refractivity contribution in [1.29, 1.82) is 0 Å². The minimum absolute atomic E-state index is 0.0392. The molecule has 1 atom stereocenters. The number of ether oxygens (including phenoxy) is 1. The summed E-state index contributed by atoms with van der Waals surface area (Å²) in [6.07, 6.45) is 2.17. The van der Waals surface area contributed by atoms with Crippen LogP contribution in [0.15, 0.2) is 11.1 Å². The maximum Gasteiger partial charge on any atom is 0.341 e. The summed E-state index contributed by atoms with van der Waals surface area (Å²) in [6, 6.07) is 0. The number of esters is 1. The number of piperidine rings is 1. The van der Waals surface area contributed by atoms with E-state index in [0.29, 0.717) is 17.9 Å². The summed E-state index contributed by atoms with van der Waals surface area (Å²) in [5, 5.41) is 0. The molecule has 1 aliphatic carbocycles. The van der Waals surface area contributed by atoms with Gasteiger partial charge in [-0.3, -0.25) is 4.79 Å². The molecule has 1 fully saturated rings. The van der Waals surface area contributed by atoms with Crippen molar-refractivity contribution in [2.24, 2.45) is 5.92 Å². The molecule has 1 unspecified atom stereocenters. The maximum absolute atomic E-state index is 11.8. The van der Waals surface area contributed by atoms with E-state index in [9.17, 15) is 9.59 Å². The maximum atomic E-state index is 11.8. The van der Waals surface area contributed by atoms with Crippen LogP contribution in [0.3, 0.4) is 0 Å². The Morgan fingerprint density at radius 1 is 1.44 bits per heavy atom. The molecular formula is C12H17NO3. The minimum Gasteiger partial charge on any atom is -0.465 e. The van der Waals surface area contributed by atoms with Crippen molar-refractivity contribution in [2.75, 3.05) is 27.2 Å². The third-order valence-corrected chi connectivity index (χ3v) is 3.50. The Morgan fingerprint density at radius 2 is 2.19 bits per heavy atom. The van der Waals surface area contributed by atoms with E-state index in [1.807, 2.05) is 0 Å². The lowest BCUT2D eigenvalue weighted by Gasteiger charge is -2.35. The Bertz CT molecular complexity index is 359. The SMILES string of the molecule is COC(=O)C1=C2CCN(C)CC2CCC1=O. The van der Waals surface area contributed by atoms with Crippen molar-refractivity contribution in [2.45, 2.75) is 19.3 Å². The fourth-order valence-electron chi connectivity index (χ4n) is 2.64. The summed E-state index contributed by atoms with van der Waals surface area (Å²) >= 11 is 0. The first-order valence-corrected chi connectivity index (χ1v) is 5.66. The van der Waals surface area contributed by atoms with E-state index in [4.69, 9.17) is 4.74 Å². The van der Waals surface area contributed by atoms with Crippen LogP contribution in [0.1, 0.15) is 19.3 Å². The molecule has 0 radical (unpaired) electrons. The number of Topliss-reactive ketones (excluding diaryl/α,β-unsaturated/α-hetero) is 1. The molecule has 2 aliphatic rings. The molecule has 4 heteroatoms. The summed E-state index contributed by atoms with van der Waals surface area (Å²) in [7, 11) is 3.41. The highest BCUT2D eigenvalue weighted by Gasteiger charge is 2.35. The van der Waals surface area contributed by atoms with Crippen LogP contribution in [0.4, 0.5) is 0 Å². The van der Waals surface area contributed by atoms with Crippen molar-refractivity contribution in [3.63, 3.8) is 0 Å². The molecule has 0 aromatic heterocycles. The second-order valence-electron chi connectivity index (χ2n) is 4.56. The molecule has 0 bridgehead atoms. The molecule has 0 aromatic carbocycles. The van der Waals surface area contributed by atoms with Gasteiger partial charge >= 0.3 is 5.97 Å². The van der Waals surface area contributed by atoms with Gasteiger partial charge in [-0.1, -0.05) is 0 Å². The normalized spacial score (nSPS) is 26.6. The van der Waals surface area contributed by atoms with Gasteiger partial charge < -0.3 is 9.64 Å². The largest absolute Gasteiger partial charge is 0.465 e. The molecule has 4 nitrogen and oxygen atoms in total. The molecule has 1 saturated heterocycles. The number of rotatable bonds is 1. The highest BCUT2D eigenvalue weighted by molar-refractivity contribution is 6.18. The predicted molar refractivity (Wildman–Crippen MR) is 58.9 cm³/mol. The summed E-state index contributed by atoms with van der Waals surface area (Å²) in [6.45, 7) is 1.86. The van der Waals surface area contributed by atoms with E-state index in [1.54, 1.807) is 0 Å². The number of likely N-dealkylation sites (tertiary alicyclic amines) is 1. The number of carbonyl (C=O) groups is 2. The average Bonchev–Trinajstić information content (AvgIpc) is 2.28. The highest BCUT2D eigenvalue weighted by Crippen LogP contribution is 2.34. The molecule has 0 N–H and O–H groups in total. The van der Waals surface area contributed by atoms with Crippen LogP contribution in [-0.2, 0) is 14.3 Å². The van der Waals surface area contributed by atoms with Crippen LogP contribution in [0.25, 0.3) is 0 Å². The van der Waals surface area contributed by atoms with Gasteiger partial charge in [0.2, 0.25) is 0 Å². The van der Waals surface area contributed by atoms with Crippen LogP contribution in [-0.4, -0.2) is 43.9 Å². The Hall–Kier alpha value is -1.16. The number of hydrogen-bond donors (Lipinski definition) is 0. The number of fused-ring (bicyclic) bond motifs is 1. The zero-order valence-electron chi connectivity index (χ0n) is 9.78. The van der Waals surface area contributed by atoms with Crippen molar-refractivity contribution in [3.8, 4) is 0 Å². The summed E-state index contributed by atoms with van der Waals surface area (Å²) in [5.41, 5.74) is 1.37. The molecule has 1 aliphatic heterocycles. The Balaban J connectivity index is 2.34. The van der Waals surface area contributed by atoms with Crippen LogP contribution in [0, 0.1) is 5.92 Å². The van der Waals surface area contributed by atoms with Crippen LogP contribution in [0.2, 0.25) is 0 Å². The van der Waals surface area contributed by atoms with Gasteiger partial charge in [0.15, 0.2) is 5.78 Å². The number of ketones is 1. The lowest BCUT2D eigenvalue weighted by Crippen LogP contribution is -2.38. The molecule has 0 spiro atoms. The lowest BCUT2D eigenvalue weighted by atomic mass is 9.78. The molecular weight excluding hydrogens is 206 g/mol. The van der Waals surface area contributed by atoms with Crippen LogP contribution < -0.4 is 0 Å². The smallest absolute Gasteiger partial charge is 0.341 e. The van der Waals surface area contributed by atoms with Gasteiger partial charge in [0.05, 0.1) is 7.11 Å². The number of carbonyl (C=O) groups excluding carboxylic acids is 2. The van der Waals surface area contributed by atoms with Crippen LogP contribution in [0.5, 0.6) is 0 Å². The molecule has 0 aromatic rings. The number of hydrogen-bond acceptors (Lipinski definition) is 4. The molecule has 88 valence electrons. The standard InChI is InChI=1S/C12H17NO3/c1-13-6-5-9-8(7-13)3-4-10(14)11(9)12(15)16-2/h8H,3-7H2,1-2H3. The van der Waals surface area contributed by atoms with E-state index >= 15 is 0 Å². The molecule has 1 heterocycles. The second kappa shape index (κ2) is 4.37. The zero-order chi connectivity index (χ0) is 11.7. The summed E-state index contributed by atoms with van der Waals surface area (Å²) < 4.78 is 4.70. The van der Waals surface area contributed by atoms with E-state index < -0.39 is 5.97 Å². The van der Waals surface area contributed by atoms with Gasteiger partial charge in [-0.25, -0.2) is 4.79 Å². The van der Waals surface area contributed by atoms with Gasteiger partial charge in [0.25, 0.3) is 0 Å². The van der Waals surface area contributed by atoms with Gasteiger partial charge in [0, 0.05) is 19.5 Å². The van der Waals surface area contributed by atoms with Crippen molar-refractivity contribution >= 4 is 11.8 Å². The third kappa shape index (κ3) is 1.89. The Morgan fingerprint density at radius 3 is 2.88 bits per heavy atom. The molecule has 0 saturated carbocycles. The number of methoxy groups -OCH3 is 1. The molecule has 0 amide bonds. The van der Waals surface area contributed by atoms with Crippen molar-refractivity contribution in [1.82, 2.24) is 4.90 Å². The van der Waals surface area contributed by atoms with Gasteiger partial charge in [-0.2, -0.15) is 0 Å². The number of nitrogens with zero attached hydrogens (tertiary/aromatic N) is 1. The molecule has 2 rings (SSSR count). The minimum atomic E-state index is -0.450. The fourth-order valence-corrected chi connectivity index (χ4v) is 2.64. The first-order chi connectivity index (χ1) is 7.63. The first kappa shape index (κ1) is 11.3. The highest BCUT2D eigenvalue weighted by atomic mass is 16.5. The average molecular weight is 223 g/mol. The van der Waals surface area contributed by atoms with Gasteiger partial charge in [-0.15, -0.1) is 0 Å². The van der Waals surface area contributed by atoms with Gasteiger partial charge in [0.1, 0.15) is 5.57 Å².